The van der Waals surface area contributed by atoms with Gasteiger partial charge < -0.3 is 0 Å². The van der Waals surface area contributed by atoms with E-state index in [2.05, 4.69) is 0 Å². The second-order valence-electron chi connectivity index (χ2n) is 2.09. The number of benzene rings is 1. The number of non-ortho nitro benzene ring substituents is 1. The number of hydrogen-bond donors (Lipinski definition) is 0. The third-order valence-corrected chi connectivity index (χ3v) is 1.24. The van der Waals surface area contributed by atoms with Crippen molar-refractivity contribution in [3.8, 4) is 0 Å². The summed E-state index contributed by atoms with van der Waals surface area (Å²) < 4.78 is 0. The van der Waals surface area contributed by atoms with Gasteiger partial charge in [0.05, 0.1) is 4.92 Å². The van der Waals surface area contributed by atoms with E-state index in [1.807, 2.05) is 6.92 Å². The van der Waals surface area contributed by atoms with Crippen LogP contribution in [0.1, 0.15) is 5.56 Å². The molecule has 3 nitrogen and oxygen atoms in total. The van der Waals surface area contributed by atoms with Crippen LogP contribution in [0.15, 0.2) is 24.3 Å². The molecule has 52 valence electrons. The van der Waals surface area contributed by atoms with Crippen LogP contribution < -0.4 is 0 Å². The smallest absolute Gasteiger partial charge is 0.258 e. The van der Waals surface area contributed by atoms with Gasteiger partial charge in [0, 0.05) is 12.1 Å². The number of aryl methyl sites for hydroxylation is 1. The van der Waals surface area contributed by atoms with Crippen LogP contribution in [0.5, 0.6) is 0 Å². The minimum absolute atomic E-state index is 0.144. The van der Waals surface area contributed by atoms with E-state index in [-0.39, 0.29) is 5.69 Å². The summed E-state index contributed by atoms with van der Waals surface area (Å²) in [6.45, 7) is 1.89. The Morgan fingerprint density at radius 3 is 2.20 bits per heavy atom. The van der Waals surface area contributed by atoms with Gasteiger partial charge in [0.2, 0.25) is 0 Å². The Balaban J connectivity index is 3.00. The predicted octanol–water partition coefficient (Wildman–Crippen LogP) is 1.90. The Kier molecular flexibility index (Phi) is 1.67. The van der Waals surface area contributed by atoms with Gasteiger partial charge in [-0.15, -0.1) is 0 Å². The van der Waals surface area contributed by atoms with Crippen molar-refractivity contribution < 1.29 is 4.92 Å². The average Bonchev–Trinajstić information content (AvgIpc) is 1.88. The Bertz CT molecular complexity index is 240. The fraction of sp³-hybridized carbons (Fsp3) is 0.143. The molecule has 0 saturated carbocycles. The van der Waals surface area contributed by atoms with E-state index < -0.39 is 4.92 Å². The lowest BCUT2D eigenvalue weighted by atomic mass is 11.0. The van der Waals surface area contributed by atoms with E-state index in [0.29, 0.717) is 0 Å². The molecular weight excluding hydrogens is 136 g/mol. The summed E-state index contributed by atoms with van der Waals surface area (Å²) >= 11 is 0. The van der Waals surface area contributed by atoms with Crippen molar-refractivity contribution in [3.63, 3.8) is 0 Å². The molecule has 0 aliphatic rings. The molecule has 0 heterocycles. The van der Waals surface area contributed by atoms with Gasteiger partial charge in [-0.3, -0.25) is 10.1 Å². The van der Waals surface area contributed by atoms with E-state index >= 15 is 0 Å². The van der Waals surface area contributed by atoms with Crippen molar-refractivity contribution in [2.45, 2.75) is 6.92 Å². The van der Waals surface area contributed by atoms with Crippen LogP contribution in [0.4, 0.5) is 5.69 Å². The number of nitrogens with zero attached hydrogens (tertiary/aromatic N) is 1. The Hall–Kier alpha value is -1.38. The molecule has 0 aromatic heterocycles. The quantitative estimate of drug-likeness (QED) is 0.445. The molecule has 0 amide bonds. The highest BCUT2D eigenvalue weighted by Gasteiger charge is 2.00. The molecule has 0 bridgehead atoms. The monoisotopic (exact) mass is 143 g/mol. The van der Waals surface area contributed by atoms with Crippen LogP contribution in [0, 0.1) is 17.0 Å². The lowest BCUT2D eigenvalue weighted by molar-refractivity contribution is -0.384. The van der Waals surface area contributed by atoms with Crippen LogP contribution in [-0.2, 0) is 0 Å². The van der Waals surface area contributed by atoms with E-state index in [0.717, 1.165) is 5.56 Å². The first kappa shape index (κ1) is 6.74. The summed E-state index contributed by atoms with van der Waals surface area (Å²) in [5.41, 5.74) is 1.18. The number of rotatable bonds is 1. The zero-order valence-electron chi connectivity index (χ0n) is 5.57. The summed E-state index contributed by atoms with van der Waals surface area (Å²) in [4.78, 5) is 9.71. The molecule has 1 aromatic rings. The molecule has 0 radical (unpaired) electrons. The first-order valence-electron chi connectivity index (χ1n) is 2.91. The van der Waals surface area contributed by atoms with Gasteiger partial charge in [-0.05, 0) is 6.92 Å². The van der Waals surface area contributed by atoms with Gasteiger partial charge in [0.25, 0.3) is 5.69 Å². The number of nitro groups is 1. The van der Waals surface area contributed by atoms with Gasteiger partial charge in [-0.2, -0.15) is 0 Å². The molecule has 0 aliphatic carbocycles. The zero-order chi connectivity index (χ0) is 7.56. The van der Waals surface area contributed by atoms with Crippen molar-refractivity contribution >= 4 is 5.69 Å². The summed E-state index contributed by atoms with van der Waals surface area (Å²) in [6.07, 6.45) is 0. The van der Waals surface area contributed by atoms with E-state index in [1.165, 1.54) is 12.1 Å². The van der Waals surface area contributed by atoms with Gasteiger partial charge >= 0.3 is 0 Å². The molecule has 0 N–H and O–H groups in total. The number of nitro benzene ring substituents is 1. The standard InChI is InChI=1S/C7H7NO2/c1-6-2-4-7(5-3-6)8(9)10/h2-5H,1H3/i2+1,3+1,4+1,5+1,6+1,7+1. The molecule has 0 unspecified atom stereocenters. The summed E-state index contributed by atoms with van der Waals surface area (Å²) in [5.74, 6) is 0. The lowest BCUT2D eigenvalue weighted by Crippen LogP contribution is -1.86. The second kappa shape index (κ2) is 2.47. The fourth-order valence-corrected chi connectivity index (χ4v) is 0.666. The minimum atomic E-state index is -0.403. The molecule has 1 rings (SSSR count). The van der Waals surface area contributed by atoms with Crippen molar-refractivity contribution in [1.82, 2.24) is 0 Å². The number of hydrogen-bond acceptors (Lipinski definition) is 2. The highest BCUT2D eigenvalue weighted by Crippen LogP contribution is 2.10. The molecule has 10 heavy (non-hydrogen) atoms. The van der Waals surface area contributed by atoms with Gasteiger partial charge in [-0.1, -0.05) is 17.7 Å². The predicted molar refractivity (Wildman–Crippen MR) is 37.8 cm³/mol. The minimum Gasteiger partial charge on any atom is -0.258 e. The van der Waals surface area contributed by atoms with Crippen LogP contribution in [-0.4, -0.2) is 4.92 Å². The van der Waals surface area contributed by atoms with Crippen molar-refractivity contribution in [2.75, 3.05) is 0 Å². The Morgan fingerprint density at radius 1 is 1.30 bits per heavy atom. The maximum atomic E-state index is 10.1. The van der Waals surface area contributed by atoms with Crippen molar-refractivity contribution in [1.29, 1.82) is 0 Å². The molecule has 0 fully saturated rings. The normalized spacial score (nSPS) is 9.30. The molecule has 3 heteroatoms. The molecule has 1 aromatic carbocycles. The van der Waals surface area contributed by atoms with Crippen LogP contribution in [0.3, 0.4) is 0 Å². The lowest BCUT2D eigenvalue weighted by Gasteiger charge is -1.90. The first-order chi connectivity index (χ1) is 4.70. The van der Waals surface area contributed by atoms with E-state index in [4.69, 9.17) is 0 Å². The highest BCUT2D eigenvalue weighted by molar-refractivity contribution is 5.31. The van der Waals surface area contributed by atoms with Crippen molar-refractivity contribution in [2.24, 2.45) is 0 Å². The largest absolute Gasteiger partial charge is 0.269 e. The van der Waals surface area contributed by atoms with Gasteiger partial charge in [0.1, 0.15) is 0 Å². The highest BCUT2D eigenvalue weighted by atomic mass is 16.6. The van der Waals surface area contributed by atoms with Crippen LogP contribution in [0.2, 0.25) is 0 Å². The first-order valence-corrected chi connectivity index (χ1v) is 2.91. The topological polar surface area (TPSA) is 43.1 Å². The van der Waals surface area contributed by atoms with Gasteiger partial charge in [-0.25, -0.2) is 0 Å². The average molecular weight is 143 g/mol. The summed E-state index contributed by atoms with van der Waals surface area (Å²) in [5, 5.41) is 10.1. The third-order valence-electron chi connectivity index (χ3n) is 1.24. The molecular formula is C7H7NO2. The molecule has 0 saturated heterocycles. The SMILES string of the molecule is C[13c]1[13cH][13cH][13c]([N+](=O)[O-])[13cH][13cH]1. The zero-order valence-corrected chi connectivity index (χ0v) is 5.57. The van der Waals surface area contributed by atoms with E-state index in [1.54, 1.807) is 12.1 Å². The fourth-order valence-electron chi connectivity index (χ4n) is 0.666. The second-order valence-corrected chi connectivity index (χ2v) is 2.09. The molecule has 0 spiro atoms. The van der Waals surface area contributed by atoms with Crippen molar-refractivity contribution in [3.05, 3.63) is 39.9 Å². The van der Waals surface area contributed by atoms with Crippen LogP contribution >= 0.6 is 0 Å². The Morgan fingerprint density at radius 2 is 1.80 bits per heavy atom. The van der Waals surface area contributed by atoms with E-state index in [9.17, 15) is 10.1 Å². The van der Waals surface area contributed by atoms with Gasteiger partial charge in [0.15, 0.2) is 0 Å². The maximum Gasteiger partial charge on any atom is 0.269 e. The third kappa shape index (κ3) is 1.31. The molecule has 0 aliphatic heterocycles. The summed E-state index contributed by atoms with van der Waals surface area (Å²) in [7, 11) is 0. The maximum absolute atomic E-state index is 10.1. The van der Waals surface area contributed by atoms with Crippen LogP contribution in [0.25, 0.3) is 0 Å². The molecule has 0 atom stereocenters. The summed E-state index contributed by atoms with van der Waals surface area (Å²) in [6, 6.07) is 6.43. The Labute approximate surface area is 58.4 Å².